The van der Waals surface area contributed by atoms with Crippen LogP contribution in [0, 0.1) is 5.92 Å². The van der Waals surface area contributed by atoms with Gasteiger partial charge in [0.05, 0.1) is 12.7 Å². The third-order valence-electron chi connectivity index (χ3n) is 4.35. The number of rotatable bonds is 7. The Kier molecular flexibility index (Phi) is 5.74. The highest BCUT2D eigenvalue weighted by Crippen LogP contribution is 2.29. The fourth-order valence-electron chi connectivity index (χ4n) is 3.35. The van der Waals surface area contributed by atoms with Crippen molar-refractivity contribution in [1.82, 2.24) is 14.7 Å². The molecule has 5 nitrogen and oxygen atoms in total. The van der Waals surface area contributed by atoms with E-state index in [1.807, 2.05) is 17.9 Å². The van der Waals surface area contributed by atoms with Crippen molar-refractivity contribution in [3.63, 3.8) is 0 Å². The third kappa shape index (κ3) is 4.71. The molecule has 0 spiro atoms. The van der Waals surface area contributed by atoms with Crippen molar-refractivity contribution in [3.8, 4) is 0 Å². The number of hydrogen-bond acceptors (Lipinski definition) is 4. The molecule has 2 aromatic rings. The van der Waals surface area contributed by atoms with Gasteiger partial charge in [0.25, 0.3) is 0 Å². The van der Waals surface area contributed by atoms with Crippen LogP contribution in [0.2, 0.25) is 0 Å². The van der Waals surface area contributed by atoms with E-state index in [2.05, 4.69) is 42.2 Å². The Morgan fingerprint density at radius 2 is 2.17 bits per heavy atom. The van der Waals surface area contributed by atoms with Crippen LogP contribution in [-0.4, -0.2) is 27.8 Å². The van der Waals surface area contributed by atoms with Crippen LogP contribution in [-0.2, 0) is 24.9 Å². The molecule has 1 aliphatic heterocycles. The van der Waals surface area contributed by atoms with Gasteiger partial charge in [-0.3, -0.25) is 9.58 Å². The average Bonchev–Trinajstić information content (AvgIpc) is 3.17. The standard InChI is InChI=1S/C19H29N3O2/c1-15(2)11-22(13-16-10-20-21(3)12-16)14-17-7-8-19(24-17)18-6-4-5-9-23-18/h7-8,10,12,15,18H,4-6,9,11,13-14H2,1-3H3/t18-/m0/s1. The molecule has 0 radical (unpaired) electrons. The number of ether oxygens (including phenoxy) is 1. The van der Waals surface area contributed by atoms with Crippen LogP contribution in [0.25, 0.3) is 0 Å². The van der Waals surface area contributed by atoms with Crippen molar-refractivity contribution in [3.05, 3.63) is 41.6 Å². The number of hydrogen-bond donors (Lipinski definition) is 0. The summed E-state index contributed by atoms with van der Waals surface area (Å²) in [5, 5.41) is 4.27. The van der Waals surface area contributed by atoms with Crippen LogP contribution < -0.4 is 0 Å². The third-order valence-corrected chi connectivity index (χ3v) is 4.35. The van der Waals surface area contributed by atoms with E-state index in [-0.39, 0.29) is 6.10 Å². The van der Waals surface area contributed by atoms with Crippen LogP contribution in [0.1, 0.15) is 56.3 Å². The van der Waals surface area contributed by atoms with Gasteiger partial charge in [0.2, 0.25) is 0 Å². The predicted octanol–water partition coefficient (Wildman–Crippen LogP) is 3.91. The lowest BCUT2D eigenvalue weighted by Crippen LogP contribution is -2.26. The van der Waals surface area contributed by atoms with Gasteiger partial charge in [-0.2, -0.15) is 5.10 Å². The van der Waals surface area contributed by atoms with Gasteiger partial charge in [0, 0.05) is 38.5 Å². The zero-order valence-electron chi connectivity index (χ0n) is 15.1. The highest BCUT2D eigenvalue weighted by Gasteiger charge is 2.20. The molecular formula is C19H29N3O2. The summed E-state index contributed by atoms with van der Waals surface area (Å²) < 4.78 is 13.8. The molecule has 0 amide bonds. The summed E-state index contributed by atoms with van der Waals surface area (Å²) in [7, 11) is 1.96. The van der Waals surface area contributed by atoms with Gasteiger partial charge < -0.3 is 9.15 Å². The van der Waals surface area contributed by atoms with Gasteiger partial charge >= 0.3 is 0 Å². The molecule has 0 aliphatic carbocycles. The van der Waals surface area contributed by atoms with E-state index in [0.29, 0.717) is 5.92 Å². The first-order valence-corrected chi connectivity index (χ1v) is 9.00. The number of nitrogens with zero attached hydrogens (tertiary/aromatic N) is 3. The Morgan fingerprint density at radius 1 is 1.29 bits per heavy atom. The van der Waals surface area contributed by atoms with Crippen LogP contribution in [0.4, 0.5) is 0 Å². The van der Waals surface area contributed by atoms with Crippen molar-refractivity contribution >= 4 is 0 Å². The molecular weight excluding hydrogens is 302 g/mol. The van der Waals surface area contributed by atoms with Crippen LogP contribution >= 0.6 is 0 Å². The van der Waals surface area contributed by atoms with Gasteiger partial charge in [-0.1, -0.05) is 13.8 Å². The highest BCUT2D eigenvalue weighted by atomic mass is 16.5. The van der Waals surface area contributed by atoms with E-state index in [9.17, 15) is 0 Å². The molecule has 0 saturated carbocycles. The monoisotopic (exact) mass is 331 g/mol. The minimum Gasteiger partial charge on any atom is -0.462 e. The second-order valence-electron chi connectivity index (χ2n) is 7.25. The molecule has 0 bridgehead atoms. The first-order valence-electron chi connectivity index (χ1n) is 9.00. The van der Waals surface area contributed by atoms with Crippen molar-refractivity contribution in [2.24, 2.45) is 13.0 Å². The second-order valence-corrected chi connectivity index (χ2v) is 7.25. The smallest absolute Gasteiger partial charge is 0.133 e. The van der Waals surface area contributed by atoms with Gasteiger partial charge in [0.15, 0.2) is 0 Å². The molecule has 1 aliphatic rings. The molecule has 3 rings (SSSR count). The van der Waals surface area contributed by atoms with Crippen LogP contribution in [0.5, 0.6) is 0 Å². The summed E-state index contributed by atoms with van der Waals surface area (Å²) in [5.41, 5.74) is 1.24. The number of aromatic nitrogens is 2. The lowest BCUT2D eigenvalue weighted by atomic mass is 10.1. The van der Waals surface area contributed by atoms with E-state index in [4.69, 9.17) is 9.15 Å². The molecule has 5 heteroatoms. The van der Waals surface area contributed by atoms with Gasteiger partial charge in [0.1, 0.15) is 17.6 Å². The molecule has 1 atom stereocenters. The molecule has 0 N–H and O–H groups in total. The van der Waals surface area contributed by atoms with Crippen molar-refractivity contribution in [1.29, 1.82) is 0 Å². The first-order chi connectivity index (χ1) is 11.6. The van der Waals surface area contributed by atoms with Crippen LogP contribution in [0.3, 0.4) is 0 Å². The highest BCUT2D eigenvalue weighted by molar-refractivity contribution is 5.11. The van der Waals surface area contributed by atoms with E-state index in [0.717, 1.165) is 50.6 Å². The minimum absolute atomic E-state index is 0.143. The summed E-state index contributed by atoms with van der Waals surface area (Å²) >= 11 is 0. The van der Waals surface area contributed by atoms with Crippen molar-refractivity contribution < 1.29 is 9.15 Å². The Labute approximate surface area is 144 Å². The molecule has 24 heavy (non-hydrogen) atoms. The fourth-order valence-corrected chi connectivity index (χ4v) is 3.35. The normalized spacial score (nSPS) is 18.6. The Balaban J connectivity index is 1.64. The summed E-state index contributed by atoms with van der Waals surface area (Å²) in [6.45, 7) is 8.09. The Morgan fingerprint density at radius 3 is 2.83 bits per heavy atom. The zero-order chi connectivity index (χ0) is 16.9. The lowest BCUT2D eigenvalue weighted by Gasteiger charge is -2.23. The molecule has 1 fully saturated rings. The summed E-state index contributed by atoms with van der Waals surface area (Å²) in [6.07, 6.45) is 7.62. The van der Waals surface area contributed by atoms with E-state index in [1.165, 1.54) is 12.0 Å². The second kappa shape index (κ2) is 7.99. The molecule has 3 heterocycles. The Hall–Kier alpha value is -1.59. The molecule has 2 aromatic heterocycles. The Bertz CT molecular complexity index is 626. The summed E-state index contributed by atoms with van der Waals surface area (Å²) in [4.78, 5) is 2.42. The van der Waals surface area contributed by atoms with E-state index < -0.39 is 0 Å². The molecule has 0 aromatic carbocycles. The van der Waals surface area contributed by atoms with Crippen molar-refractivity contribution in [2.45, 2.75) is 52.3 Å². The predicted molar refractivity (Wildman–Crippen MR) is 93.4 cm³/mol. The van der Waals surface area contributed by atoms with Crippen molar-refractivity contribution in [2.75, 3.05) is 13.2 Å². The quantitative estimate of drug-likeness (QED) is 0.771. The maximum absolute atomic E-state index is 6.09. The van der Waals surface area contributed by atoms with E-state index in [1.54, 1.807) is 0 Å². The zero-order valence-corrected chi connectivity index (χ0v) is 15.1. The van der Waals surface area contributed by atoms with Gasteiger partial charge in [-0.25, -0.2) is 0 Å². The number of furan rings is 1. The molecule has 0 unspecified atom stereocenters. The topological polar surface area (TPSA) is 43.4 Å². The number of aryl methyl sites for hydroxylation is 1. The van der Waals surface area contributed by atoms with Gasteiger partial charge in [-0.15, -0.1) is 0 Å². The van der Waals surface area contributed by atoms with Gasteiger partial charge in [-0.05, 0) is 37.3 Å². The lowest BCUT2D eigenvalue weighted by molar-refractivity contribution is 0.000775. The summed E-state index contributed by atoms with van der Waals surface area (Å²) in [5.74, 6) is 2.61. The minimum atomic E-state index is 0.143. The maximum atomic E-state index is 6.09. The molecule has 132 valence electrons. The first kappa shape index (κ1) is 17.2. The van der Waals surface area contributed by atoms with Crippen LogP contribution in [0.15, 0.2) is 28.9 Å². The largest absolute Gasteiger partial charge is 0.462 e. The maximum Gasteiger partial charge on any atom is 0.133 e. The fraction of sp³-hybridized carbons (Fsp3) is 0.632. The average molecular weight is 331 g/mol. The summed E-state index contributed by atoms with van der Waals surface area (Å²) in [6, 6.07) is 4.19. The molecule has 1 saturated heterocycles. The van der Waals surface area contributed by atoms with E-state index >= 15 is 0 Å². The SMILES string of the molecule is CC(C)CN(Cc1cnn(C)c1)Cc1ccc([C@@H]2CCCCO2)o1.